The largest absolute Gasteiger partial charge is 0.336 e. The molecule has 2 aromatic rings. The number of nitrogens with zero attached hydrogens (tertiary/aromatic N) is 2. The van der Waals surface area contributed by atoms with Crippen molar-refractivity contribution in [2.45, 2.75) is 57.9 Å². The second kappa shape index (κ2) is 10.1. The Morgan fingerprint density at radius 3 is 2.06 bits per heavy atom. The van der Waals surface area contributed by atoms with Crippen molar-refractivity contribution in [3.63, 3.8) is 0 Å². The van der Waals surface area contributed by atoms with E-state index >= 15 is 0 Å². The van der Waals surface area contributed by atoms with Crippen molar-refractivity contribution >= 4 is 17.5 Å². The zero-order valence-electron chi connectivity index (χ0n) is 20.2. The number of hydrogen-bond donors (Lipinski definition) is 1. The van der Waals surface area contributed by atoms with Gasteiger partial charge in [0.2, 0.25) is 5.91 Å². The van der Waals surface area contributed by atoms with E-state index in [0.29, 0.717) is 19.0 Å². The number of amides is 2. The third-order valence-electron chi connectivity index (χ3n) is 7.15. The van der Waals surface area contributed by atoms with E-state index < -0.39 is 0 Å². The first-order valence-corrected chi connectivity index (χ1v) is 12.3. The van der Waals surface area contributed by atoms with Gasteiger partial charge in [0.1, 0.15) is 0 Å². The van der Waals surface area contributed by atoms with Crippen LogP contribution in [0, 0.1) is 5.92 Å². The highest BCUT2D eigenvalue weighted by Crippen LogP contribution is 2.32. The molecule has 2 amide bonds. The van der Waals surface area contributed by atoms with E-state index in [0.717, 1.165) is 37.2 Å². The quantitative estimate of drug-likeness (QED) is 0.706. The number of rotatable bonds is 5. The molecule has 0 bridgehead atoms. The Balaban J connectivity index is 1.40. The number of carbonyl (C=O) groups is 2. The molecule has 176 valence electrons. The lowest BCUT2D eigenvalue weighted by Gasteiger charge is -2.40. The van der Waals surface area contributed by atoms with Gasteiger partial charge in [-0.15, -0.1) is 0 Å². The predicted octanol–water partition coefficient (Wildman–Crippen LogP) is 4.94. The van der Waals surface area contributed by atoms with Gasteiger partial charge in [0, 0.05) is 37.4 Å². The number of benzene rings is 2. The number of carbonyl (C=O) groups excluding carboxylic acids is 2. The Kier molecular flexibility index (Phi) is 7.18. The minimum absolute atomic E-state index is 0.0722. The average molecular weight is 448 g/mol. The van der Waals surface area contributed by atoms with E-state index in [2.05, 4.69) is 43.1 Å². The molecular weight excluding hydrogens is 410 g/mol. The molecule has 0 spiro atoms. The number of para-hydroxylation sites is 1. The van der Waals surface area contributed by atoms with Gasteiger partial charge in [-0.2, -0.15) is 0 Å². The summed E-state index contributed by atoms with van der Waals surface area (Å²) in [6.45, 7) is 9.31. The summed E-state index contributed by atoms with van der Waals surface area (Å²) in [5.41, 5.74) is 2.89. The lowest BCUT2D eigenvalue weighted by atomic mass is 9.86. The van der Waals surface area contributed by atoms with Crippen LogP contribution in [0.25, 0.3) is 0 Å². The first-order valence-electron chi connectivity index (χ1n) is 12.3. The summed E-state index contributed by atoms with van der Waals surface area (Å²) in [5.74, 6) is 0.563. The molecule has 0 aromatic heterocycles. The van der Waals surface area contributed by atoms with Gasteiger partial charge < -0.3 is 10.2 Å². The van der Waals surface area contributed by atoms with Crippen LogP contribution >= 0.6 is 0 Å². The lowest BCUT2D eigenvalue weighted by Crippen LogP contribution is -2.56. The van der Waals surface area contributed by atoms with Crippen molar-refractivity contribution in [3.8, 4) is 0 Å². The third kappa shape index (κ3) is 5.64. The number of hydrogen-bond acceptors (Lipinski definition) is 3. The first kappa shape index (κ1) is 23.5. The van der Waals surface area contributed by atoms with Crippen molar-refractivity contribution in [1.29, 1.82) is 0 Å². The van der Waals surface area contributed by atoms with Gasteiger partial charge in [0.25, 0.3) is 5.91 Å². The minimum Gasteiger partial charge on any atom is -0.336 e. The third-order valence-corrected chi connectivity index (χ3v) is 7.15. The lowest BCUT2D eigenvalue weighted by molar-refractivity contribution is -0.123. The highest BCUT2D eigenvalue weighted by Gasteiger charge is 2.37. The van der Waals surface area contributed by atoms with Crippen molar-refractivity contribution < 1.29 is 9.59 Å². The fourth-order valence-electron chi connectivity index (χ4n) is 5.19. The standard InChI is InChI=1S/C28H37N3O2/c1-28(2,3)23-15-13-22(14-16-23)27(33)31-19-17-30(18-20-31)25(21-9-7-8-10-21)26(32)29-24-11-5-4-6-12-24/h4-6,11-16,21,25H,7-10,17-20H2,1-3H3,(H,29,32). The second-order valence-corrected chi connectivity index (χ2v) is 10.5. The number of anilines is 1. The van der Waals surface area contributed by atoms with E-state index in [-0.39, 0.29) is 23.3 Å². The van der Waals surface area contributed by atoms with E-state index in [4.69, 9.17) is 0 Å². The van der Waals surface area contributed by atoms with Gasteiger partial charge in [0.05, 0.1) is 6.04 Å². The van der Waals surface area contributed by atoms with Crippen LogP contribution in [0.4, 0.5) is 5.69 Å². The van der Waals surface area contributed by atoms with Crippen molar-refractivity contribution in [2.24, 2.45) is 5.92 Å². The predicted molar refractivity (Wildman–Crippen MR) is 133 cm³/mol. The Hall–Kier alpha value is -2.66. The molecule has 33 heavy (non-hydrogen) atoms. The van der Waals surface area contributed by atoms with E-state index in [1.807, 2.05) is 47.4 Å². The first-order chi connectivity index (χ1) is 15.8. The van der Waals surface area contributed by atoms with Crippen molar-refractivity contribution in [3.05, 3.63) is 65.7 Å². The number of piperazine rings is 1. The summed E-state index contributed by atoms with van der Waals surface area (Å²) >= 11 is 0. The topological polar surface area (TPSA) is 52.7 Å². The Labute approximate surface area is 198 Å². The summed E-state index contributed by atoms with van der Waals surface area (Å²) < 4.78 is 0. The molecule has 1 atom stereocenters. The molecule has 1 N–H and O–H groups in total. The van der Waals surface area contributed by atoms with E-state index in [1.54, 1.807) is 0 Å². The maximum absolute atomic E-state index is 13.3. The second-order valence-electron chi connectivity index (χ2n) is 10.5. The van der Waals surface area contributed by atoms with Gasteiger partial charge in [-0.1, -0.05) is 63.9 Å². The van der Waals surface area contributed by atoms with Gasteiger partial charge in [-0.25, -0.2) is 0 Å². The summed E-state index contributed by atoms with van der Waals surface area (Å²) in [7, 11) is 0. The summed E-state index contributed by atoms with van der Waals surface area (Å²) in [5, 5.41) is 3.13. The Morgan fingerprint density at radius 2 is 1.48 bits per heavy atom. The molecule has 5 nitrogen and oxygen atoms in total. The van der Waals surface area contributed by atoms with Gasteiger partial charge in [-0.05, 0) is 54.0 Å². The molecule has 1 saturated heterocycles. The van der Waals surface area contributed by atoms with Gasteiger partial charge in [0.15, 0.2) is 0 Å². The Bertz CT molecular complexity index is 935. The van der Waals surface area contributed by atoms with Crippen LogP contribution < -0.4 is 5.32 Å². The normalized spacial score (nSPS) is 18.8. The van der Waals surface area contributed by atoms with Crippen LogP contribution in [-0.2, 0) is 10.2 Å². The summed E-state index contributed by atoms with van der Waals surface area (Å²) in [6, 6.07) is 17.6. The molecular formula is C28H37N3O2. The molecule has 1 unspecified atom stereocenters. The average Bonchev–Trinajstić information content (AvgIpc) is 3.34. The highest BCUT2D eigenvalue weighted by atomic mass is 16.2. The van der Waals surface area contributed by atoms with Crippen LogP contribution in [0.15, 0.2) is 54.6 Å². The SMILES string of the molecule is CC(C)(C)c1ccc(C(=O)N2CCN(C(C(=O)Nc3ccccc3)C3CCCC3)CC2)cc1. The smallest absolute Gasteiger partial charge is 0.253 e. The number of nitrogens with one attached hydrogen (secondary N) is 1. The van der Waals surface area contributed by atoms with Crippen molar-refractivity contribution in [1.82, 2.24) is 9.80 Å². The minimum atomic E-state index is -0.129. The molecule has 4 rings (SSSR count). The maximum atomic E-state index is 13.3. The molecule has 2 aliphatic rings. The molecule has 2 fully saturated rings. The molecule has 1 aliphatic heterocycles. The van der Waals surface area contributed by atoms with Crippen LogP contribution in [0.1, 0.15) is 62.4 Å². The summed E-state index contributed by atoms with van der Waals surface area (Å²) in [6.07, 6.45) is 4.60. The Morgan fingerprint density at radius 1 is 0.879 bits per heavy atom. The molecule has 5 heteroatoms. The monoisotopic (exact) mass is 447 g/mol. The summed E-state index contributed by atoms with van der Waals surface area (Å²) in [4.78, 5) is 30.7. The molecule has 1 aliphatic carbocycles. The van der Waals surface area contributed by atoms with Gasteiger partial charge >= 0.3 is 0 Å². The van der Waals surface area contributed by atoms with Crippen LogP contribution in [-0.4, -0.2) is 53.8 Å². The van der Waals surface area contributed by atoms with Crippen molar-refractivity contribution in [2.75, 3.05) is 31.5 Å². The molecule has 0 radical (unpaired) electrons. The van der Waals surface area contributed by atoms with E-state index in [9.17, 15) is 9.59 Å². The van der Waals surface area contributed by atoms with Gasteiger partial charge in [-0.3, -0.25) is 14.5 Å². The zero-order valence-corrected chi connectivity index (χ0v) is 20.2. The van der Waals surface area contributed by atoms with E-state index in [1.165, 1.54) is 18.4 Å². The molecule has 1 heterocycles. The van der Waals surface area contributed by atoms with Crippen LogP contribution in [0.5, 0.6) is 0 Å². The van der Waals surface area contributed by atoms with Crippen LogP contribution in [0.2, 0.25) is 0 Å². The molecule has 1 saturated carbocycles. The zero-order chi connectivity index (χ0) is 23.4. The fraction of sp³-hybridized carbons (Fsp3) is 0.500. The molecule has 2 aromatic carbocycles. The fourth-order valence-corrected chi connectivity index (χ4v) is 5.19. The van der Waals surface area contributed by atoms with Crippen LogP contribution in [0.3, 0.4) is 0 Å². The maximum Gasteiger partial charge on any atom is 0.253 e. The highest BCUT2D eigenvalue weighted by molar-refractivity contribution is 5.95.